The van der Waals surface area contributed by atoms with Crippen LogP contribution in [0.4, 0.5) is 0 Å². The van der Waals surface area contributed by atoms with Gasteiger partial charge in [0.2, 0.25) is 10.0 Å². The Kier molecular flexibility index (Phi) is 7.84. The standard InChI is InChI=1S/C14H24N2O4S/c1-12(2)15-11-13-3-5-14(6-4-13)21(18,19)16-7-9-20-10-8-17/h3-6,12,15-17H,7-11H2,1-2H3. The molecular formula is C14H24N2O4S. The maximum Gasteiger partial charge on any atom is 0.240 e. The van der Waals surface area contributed by atoms with Gasteiger partial charge in [-0.3, -0.25) is 0 Å². The van der Waals surface area contributed by atoms with Gasteiger partial charge in [0, 0.05) is 19.1 Å². The highest BCUT2D eigenvalue weighted by molar-refractivity contribution is 7.89. The highest BCUT2D eigenvalue weighted by atomic mass is 32.2. The molecule has 0 fully saturated rings. The average Bonchev–Trinajstić information content (AvgIpc) is 2.45. The van der Waals surface area contributed by atoms with Crippen LogP contribution in [-0.2, 0) is 21.3 Å². The molecule has 0 amide bonds. The van der Waals surface area contributed by atoms with Crippen LogP contribution in [0.1, 0.15) is 19.4 Å². The second kappa shape index (κ2) is 9.11. The highest BCUT2D eigenvalue weighted by Gasteiger charge is 2.12. The molecule has 6 nitrogen and oxygen atoms in total. The molecule has 0 unspecified atom stereocenters. The van der Waals surface area contributed by atoms with Crippen LogP contribution in [0.25, 0.3) is 0 Å². The van der Waals surface area contributed by atoms with E-state index in [-0.39, 0.29) is 31.3 Å². The van der Waals surface area contributed by atoms with Gasteiger partial charge in [-0.25, -0.2) is 13.1 Å². The molecule has 0 saturated heterocycles. The molecule has 1 aromatic carbocycles. The van der Waals surface area contributed by atoms with E-state index in [9.17, 15) is 8.42 Å². The summed E-state index contributed by atoms with van der Waals surface area (Å²) in [7, 11) is -3.51. The molecule has 7 heteroatoms. The number of hydrogen-bond donors (Lipinski definition) is 3. The summed E-state index contributed by atoms with van der Waals surface area (Å²) in [5.74, 6) is 0. The molecule has 1 aromatic rings. The normalized spacial score (nSPS) is 12.0. The number of aliphatic hydroxyl groups is 1. The van der Waals surface area contributed by atoms with Gasteiger partial charge in [-0.2, -0.15) is 0 Å². The topological polar surface area (TPSA) is 87.7 Å². The van der Waals surface area contributed by atoms with Crippen molar-refractivity contribution in [3.05, 3.63) is 29.8 Å². The molecule has 21 heavy (non-hydrogen) atoms. The molecule has 3 N–H and O–H groups in total. The molecule has 0 heterocycles. The molecule has 0 aromatic heterocycles. The smallest absolute Gasteiger partial charge is 0.240 e. The number of benzene rings is 1. The Balaban J connectivity index is 2.51. The summed E-state index contributed by atoms with van der Waals surface area (Å²) in [6, 6.07) is 7.16. The van der Waals surface area contributed by atoms with Crippen LogP contribution in [0.3, 0.4) is 0 Å². The van der Waals surface area contributed by atoms with Crippen molar-refractivity contribution >= 4 is 10.0 Å². The lowest BCUT2D eigenvalue weighted by Gasteiger charge is -2.10. The summed E-state index contributed by atoms with van der Waals surface area (Å²) in [6.45, 7) is 5.37. The third-order valence-electron chi connectivity index (χ3n) is 2.72. The summed E-state index contributed by atoms with van der Waals surface area (Å²) in [5.41, 5.74) is 1.04. The number of nitrogens with one attached hydrogen (secondary N) is 2. The predicted octanol–water partition coefficient (Wildman–Crippen LogP) is 0.472. The summed E-state index contributed by atoms with van der Waals surface area (Å²) < 4.78 is 31.5. The molecule has 0 atom stereocenters. The third-order valence-corrected chi connectivity index (χ3v) is 4.20. The van der Waals surface area contributed by atoms with Gasteiger partial charge in [0.25, 0.3) is 0 Å². The van der Waals surface area contributed by atoms with E-state index in [0.717, 1.165) is 5.56 Å². The van der Waals surface area contributed by atoms with Gasteiger partial charge >= 0.3 is 0 Å². The van der Waals surface area contributed by atoms with Crippen molar-refractivity contribution in [3.8, 4) is 0 Å². The van der Waals surface area contributed by atoms with Crippen molar-refractivity contribution < 1.29 is 18.3 Å². The molecular weight excluding hydrogens is 292 g/mol. The Labute approximate surface area is 126 Å². The zero-order valence-electron chi connectivity index (χ0n) is 12.5. The quantitative estimate of drug-likeness (QED) is 0.546. The maximum absolute atomic E-state index is 12.0. The summed E-state index contributed by atoms with van der Waals surface area (Å²) in [5, 5.41) is 11.8. The van der Waals surface area contributed by atoms with Crippen molar-refractivity contribution in [1.29, 1.82) is 0 Å². The van der Waals surface area contributed by atoms with Gasteiger partial charge in [0.15, 0.2) is 0 Å². The first-order chi connectivity index (χ1) is 9.95. The summed E-state index contributed by atoms with van der Waals surface area (Å²) >= 11 is 0. The van der Waals surface area contributed by atoms with E-state index >= 15 is 0 Å². The number of rotatable bonds is 10. The molecule has 0 radical (unpaired) electrons. The number of aliphatic hydroxyl groups excluding tert-OH is 1. The first-order valence-electron chi connectivity index (χ1n) is 6.96. The zero-order chi connectivity index (χ0) is 15.7. The van der Waals surface area contributed by atoms with Crippen molar-refractivity contribution in [2.45, 2.75) is 31.3 Å². The Morgan fingerprint density at radius 3 is 2.43 bits per heavy atom. The zero-order valence-corrected chi connectivity index (χ0v) is 13.3. The molecule has 1 rings (SSSR count). The highest BCUT2D eigenvalue weighted by Crippen LogP contribution is 2.10. The van der Waals surface area contributed by atoms with E-state index in [1.165, 1.54) is 0 Å². The fourth-order valence-corrected chi connectivity index (χ4v) is 2.62. The Hall–Kier alpha value is -0.990. The van der Waals surface area contributed by atoms with Crippen molar-refractivity contribution in [2.24, 2.45) is 0 Å². The molecule has 0 saturated carbocycles. The van der Waals surface area contributed by atoms with Gasteiger partial charge in [0.1, 0.15) is 0 Å². The summed E-state index contributed by atoms with van der Waals surface area (Å²) in [6.07, 6.45) is 0. The molecule has 120 valence electrons. The van der Waals surface area contributed by atoms with Crippen molar-refractivity contribution in [2.75, 3.05) is 26.4 Å². The minimum absolute atomic E-state index is 0.0708. The van der Waals surface area contributed by atoms with Crippen molar-refractivity contribution in [1.82, 2.24) is 10.0 Å². The molecule has 0 aliphatic rings. The monoisotopic (exact) mass is 316 g/mol. The van der Waals surface area contributed by atoms with Gasteiger partial charge in [-0.1, -0.05) is 26.0 Å². The van der Waals surface area contributed by atoms with E-state index in [1.807, 2.05) is 0 Å². The SMILES string of the molecule is CC(C)NCc1ccc(S(=O)(=O)NCCOCCO)cc1. The Morgan fingerprint density at radius 1 is 1.19 bits per heavy atom. The van der Waals surface area contributed by atoms with Crippen LogP contribution in [0.2, 0.25) is 0 Å². The van der Waals surface area contributed by atoms with E-state index in [4.69, 9.17) is 9.84 Å². The first kappa shape index (κ1) is 18.1. The van der Waals surface area contributed by atoms with E-state index in [1.54, 1.807) is 24.3 Å². The number of ether oxygens (including phenoxy) is 1. The Morgan fingerprint density at radius 2 is 1.86 bits per heavy atom. The lowest BCUT2D eigenvalue weighted by molar-refractivity contribution is 0.0961. The minimum atomic E-state index is -3.51. The van der Waals surface area contributed by atoms with Crippen LogP contribution < -0.4 is 10.0 Å². The lowest BCUT2D eigenvalue weighted by Crippen LogP contribution is -2.28. The number of hydrogen-bond acceptors (Lipinski definition) is 5. The van der Waals surface area contributed by atoms with Crippen molar-refractivity contribution in [3.63, 3.8) is 0 Å². The van der Waals surface area contributed by atoms with Gasteiger partial charge < -0.3 is 15.2 Å². The van der Waals surface area contributed by atoms with Crippen LogP contribution >= 0.6 is 0 Å². The van der Waals surface area contributed by atoms with E-state index < -0.39 is 10.0 Å². The second-order valence-corrected chi connectivity index (χ2v) is 6.68. The minimum Gasteiger partial charge on any atom is -0.394 e. The van der Waals surface area contributed by atoms with E-state index in [2.05, 4.69) is 23.9 Å². The van der Waals surface area contributed by atoms with Crippen LogP contribution in [-0.4, -0.2) is 45.9 Å². The fraction of sp³-hybridized carbons (Fsp3) is 0.571. The van der Waals surface area contributed by atoms with Gasteiger partial charge in [-0.15, -0.1) is 0 Å². The van der Waals surface area contributed by atoms with Gasteiger partial charge in [-0.05, 0) is 17.7 Å². The maximum atomic E-state index is 12.0. The Bertz CT molecular complexity index is 500. The lowest BCUT2D eigenvalue weighted by atomic mass is 10.2. The first-order valence-corrected chi connectivity index (χ1v) is 8.44. The third kappa shape index (κ3) is 7.01. The average molecular weight is 316 g/mol. The fourth-order valence-electron chi connectivity index (χ4n) is 1.61. The second-order valence-electron chi connectivity index (χ2n) is 4.91. The summed E-state index contributed by atoms with van der Waals surface area (Å²) in [4.78, 5) is 0.234. The van der Waals surface area contributed by atoms with Crippen LogP contribution in [0, 0.1) is 0 Å². The van der Waals surface area contributed by atoms with Gasteiger partial charge in [0.05, 0.1) is 24.7 Å². The largest absolute Gasteiger partial charge is 0.394 e. The molecule has 0 aliphatic carbocycles. The molecule has 0 bridgehead atoms. The predicted molar refractivity (Wildman–Crippen MR) is 81.5 cm³/mol. The van der Waals surface area contributed by atoms with E-state index in [0.29, 0.717) is 12.6 Å². The molecule has 0 spiro atoms. The number of sulfonamides is 1. The van der Waals surface area contributed by atoms with Crippen LogP contribution in [0.15, 0.2) is 29.2 Å². The van der Waals surface area contributed by atoms with Crippen LogP contribution in [0.5, 0.6) is 0 Å². The molecule has 0 aliphatic heterocycles.